The monoisotopic (exact) mass is 328 g/mol. The Kier molecular flexibility index (Phi) is 6.00. The van der Waals surface area contributed by atoms with E-state index >= 15 is 0 Å². The van der Waals surface area contributed by atoms with Crippen LogP contribution in [0.5, 0.6) is 0 Å². The molecule has 0 atom stereocenters. The average Bonchev–Trinajstić information content (AvgIpc) is 2.45. The molecule has 0 spiro atoms. The van der Waals surface area contributed by atoms with Crippen LogP contribution in [0, 0.1) is 5.92 Å². The van der Waals surface area contributed by atoms with Crippen LogP contribution >= 0.6 is 15.9 Å². The van der Waals surface area contributed by atoms with Crippen LogP contribution in [0.15, 0.2) is 17.0 Å². The zero-order valence-electron chi connectivity index (χ0n) is 11.3. The summed E-state index contributed by atoms with van der Waals surface area (Å²) in [6, 6.07) is 0. The standard InChI is InChI=1S/C13H21BrN4O/c1-19-7-4-15-8-11-2-5-18(6-3-11)13-12(14)9-16-10-17-13/h9-11,15H,2-8H2,1H3. The largest absolute Gasteiger partial charge is 0.383 e. The molecule has 0 aromatic carbocycles. The summed E-state index contributed by atoms with van der Waals surface area (Å²) < 4.78 is 6.01. The zero-order chi connectivity index (χ0) is 13.5. The van der Waals surface area contributed by atoms with Crippen molar-refractivity contribution in [2.45, 2.75) is 12.8 Å². The van der Waals surface area contributed by atoms with Gasteiger partial charge in [-0.1, -0.05) is 0 Å². The fourth-order valence-corrected chi connectivity index (χ4v) is 2.84. The van der Waals surface area contributed by atoms with Gasteiger partial charge in [-0.2, -0.15) is 0 Å². The number of aromatic nitrogens is 2. The first-order chi connectivity index (χ1) is 9.31. The second-order valence-electron chi connectivity index (χ2n) is 4.82. The molecular formula is C13H21BrN4O. The minimum atomic E-state index is 0.758. The van der Waals surface area contributed by atoms with Crippen molar-refractivity contribution >= 4 is 21.7 Å². The molecule has 5 nitrogen and oxygen atoms in total. The van der Waals surface area contributed by atoms with Gasteiger partial charge in [-0.25, -0.2) is 9.97 Å². The molecule has 1 aromatic heterocycles. The Morgan fingerprint density at radius 2 is 2.26 bits per heavy atom. The Hall–Kier alpha value is -0.720. The Morgan fingerprint density at radius 3 is 2.95 bits per heavy atom. The van der Waals surface area contributed by atoms with E-state index in [1.165, 1.54) is 12.8 Å². The Labute approximate surface area is 122 Å². The summed E-state index contributed by atoms with van der Waals surface area (Å²) in [6.45, 7) is 4.93. The van der Waals surface area contributed by atoms with E-state index in [0.717, 1.165) is 49.0 Å². The molecule has 6 heteroatoms. The minimum absolute atomic E-state index is 0.758. The van der Waals surface area contributed by atoms with E-state index in [1.54, 1.807) is 19.6 Å². The van der Waals surface area contributed by atoms with Gasteiger partial charge < -0.3 is 15.0 Å². The van der Waals surface area contributed by atoms with E-state index in [9.17, 15) is 0 Å². The molecule has 0 saturated carbocycles. The van der Waals surface area contributed by atoms with Crippen molar-refractivity contribution in [2.75, 3.05) is 44.8 Å². The molecule has 0 bridgehead atoms. The highest BCUT2D eigenvalue weighted by Gasteiger charge is 2.21. The van der Waals surface area contributed by atoms with Gasteiger partial charge in [-0.3, -0.25) is 0 Å². The van der Waals surface area contributed by atoms with Crippen molar-refractivity contribution in [3.63, 3.8) is 0 Å². The Bertz CT molecular complexity index is 383. The van der Waals surface area contributed by atoms with Gasteiger partial charge in [0, 0.05) is 32.9 Å². The van der Waals surface area contributed by atoms with E-state index in [0.29, 0.717) is 0 Å². The summed E-state index contributed by atoms with van der Waals surface area (Å²) in [6.07, 6.45) is 5.83. The molecule has 1 N–H and O–H groups in total. The second-order valence-corrected chi connectivity index (χ2v) is 5.68. The van der Waals surface area contributed by atoms with Gasteiger partial charge in [0.15, 0.2) is 0 Å². The first-order valence-electron chi connectivity index (χ1n) is 6.71. The molecule has 1 saturated heterocycles. The summed E-state index contributed by atoms with van der Waals surface area (Å²) in [5.41, 5.74) is 0. The fraction of sp³-hybridized carbons (Fsp3) is 0.692. The van der Waals surface area contributed by atoms with Gasteiger partial charge in [-0.05, 0) is 41.2 Å². The Morgan fingerprint density at radius 1 is 1.47 bits per heavy atom. The summed E-state index contributed by atoms with van der Waals surface area (Å²) in [4.78, 5) is 10.7. The van der Waals surface area contributed by atoms with E-state index < -0.39 is 0 Å². The number of ether oxygens (including phenoxy) is 1. The number of hydrogen-bond donors (Lipinski definition) is 1. The lowest BCUT2D eigenvalue weighted by Gasteiger charge is -2.33. The smallest absolute Gasteiger partial charge is 0.146 e. The maximum atomic E-state index is 5.03. The van der Waals surface area contributed by atoms with E-state index in [-0.39, 0.29) is 0 Å². The number of piperidine rings is 1. The highest BCUT2D eigenvalue weighted by atomic mass is 79.9. The van der Waals surface area contributed by atoms with Crippen molar-refractivity contribution < 1.29 is 4.74 Å². The molecule has 2 rings (SSSR count). The quantitative estimate of drug-likeness (QED) is 0.805. The van der Waals surface area contributed by atoms with Crippen molar-refractivity contribution in [3.8, 4) is 0 Å². The third-order valence-corrected chi connectivity index (χ3v) is 4.04. The zero-order valence-corrected chi connectivity index (χ0v) is 12.9. The summed E-state index contributed by atoms with van der Waals surface area (Å²) in [5.74, 6) is 1.77. The number of anilines is 1. The van der Waals surface area contributed by atoms with Crippen LogP contribution in [0.1, 0.15) is 12.8 Å². The summed E-state index contributed by atoms with van der Waals surface area (Å²) >= 11 is 3.51. The normalized spacial score (nSPS) is 16.8. The average molecular weight is 329 g/mol. The van der Waals surface area contributed by atoms with Gasteiger partial charge in [-0.15, -0.1) is 0 Å². The van der Waals surface area contributed by atoms with Crippen LogP contribution in [0.4, 0.5) is 5.82 Å². The van der Waals surface area contributed by atoms with E-state index in [2.05, 4.69) is 36.1 Å². The third-order valence-electron chi connectivity index (χ3n) is 3.48. The van der Waals surface area contributed by atoms with Crippen molar-refractivity contribution in [1.82, 2.24) is 15.3 Å². The number of hydrogen-bond acceptors (Lipinski definition) is 5. The first-order valence-corrected chi connectivity index (χ1v) is 7.50. The van der Waals surface area contributed by atoms with E-state index in [4.69, 9.17) is 4.74 Å². The molecule has 0 aliphatic carbocycles. The third kappa shape index (κ3) is 4.40. The van der Waals surface area contributed by atoms with Gasteiger partial charge in [0.25, 0.3) is 0 Å². The van der Waals surface area contributed by atoms with Crippen molar-refractivity contribution in [3.05, 3.63) is 17.0 Å². The first kappa shape index (κ1) is 14.7. The van der Waals surface area contributed by atoms with Crippen LogP contribution in [0.25, 0.3) is 0 Å². The maximum Gasteiger partial charge on any atom is 0.146 e. The van der Waals surface area contributed by atoms with Crippen LogP contribution < -0.4 is 10.2 Å². The highest BCUT2D eigenvalue weighted by molar-refractivity contribution is 9.10. The lowest BCUT2D eigenvalue weighted by molar-refractivity contribution is 0.196. The van der Waals surface area contributed by atoms with Crippen LogP contribution in [0.3, 0.4) is 0 Å². The predicted molar refractivity (Wildman–Crippen MR) is 79.4 cm³/mol. The molecule has 0 radical (unpaired) electrons. The number of nitrogens with one attached hydrogen (secondary N) is 1. The molecular weight excluding hydrogens is 308 g/mol. The van der Waals surface area contributed by atoms with Gasteiger partial charge in [0.05, 0.1) is 11.1 Å². The van der Waals surface area contributed by atoms with Crippen LogP contribution in [-0.4, -0.2) is 49.9 Å². The maximum absolute atomic E-state index is 5.03. The van der Waals surface area contributed by atoms with Crippen molar-refractivity contribution in [1.29, 1.82) is 0 Å². The highest BCUT2D eigenvalue weighted by Crippen LogP contribution is 2.26. The Balaban J connectivity index is 1.75. The predicted octanol–water partition coefficient (Wildman–Crippen LogP) is 1.69. The molecule has 1 aliphatic rings. The summed E-state index contributed by atoms with van der Waals surface area (Å²) in [5, 5.41) is 3.44. The van der Waals surface area contributed by atoms with E-state index in [1.807, 2.05) is 0 Å². The molecule has 2 heterocycles. The molecule has 1 aliphatic heterocycles. The molecule has 0 amide bonds. The molecule has 1 fully saturated rings. The SMILES string of the molecule is COCCNCC1CCN(c2ncncc2Br)CC1. The minimum Gasteiger partial charge on any atom is -0.383 e. The number of methoxy groups -OCH3 is 1. The molecule has 19 heavy (non-hydrogen) atoms. The van der Waals surface area contributed by atoms with Gasteiger partial charge in [0.2, 0.25) is 0 Å². The van der Waals surface area contributed by atoms with Gasteiger partial charge in [0.1, 0.15) is 12.1 Å². The number of nitrogens with zero attached hydrogens (tertiary/aromatic N) is 3. The lowest BCUT2D eigenvalue weighted by atomic mass is 9.97. The van der Waals surface area contributed by atoms with Gasteiger partial charge >= 0.3 is 0 Å². The molecule has 106 valence electrons. The molecule has 0 unspecified atom stereocenters. The van der Waals surface area contributed by atoms with Crippen LogP contribution in [-0.2, 0) is 4.74 Å². The van der Waals surface area contributed by atoms with Crippen LogP contribution in [0.2, 0.25) is 0 Å². The number of rotatable bonds is 6. The van der Waals surface area contributed by atoms with Crippen molar-refractivity contribution in [2.24, 2.45) is 5.92 Å². The fourth-order valence-electron chi connectivity index (χ4n) is 2.37. The molecule has 1 aromatic rings. The second kappa shape index (κ2) is 7.77. The number of halogens is 1. The summed E-state index contributed by atoms with van der Waals surface area (Å²) in [7, 11) is 1.74. The lowest BCUT2D eigenvalue weighted by Crippen LogP contribution is -2.38. The topological polar surface area (TPSA) is 50.3 Å².